The molecule has 1 aromatic heterocycles. The van der Waals surface area contributed by atoms with Crippen LogP contribution in [0.3, 0.4) is 0 Å². The summed E-state index contributed by atoms with van der Waals surface area (Å²) < 4.78 is 7.47. The average molecular weight is 253 g/mol. The minimum atomic E-state index is -0.0701. The first-order valence-corrected chi connectivity index (χ1v) is 6.74. The molecular weight excluding hydrogens is 226 g/mol. The highest BCUT2D eigenvalue weighted by atomic mass is 16.5. The Morgan fingerprint density at radius 2 is 2.22 bits per heavy atom. The lowest BCUT2D eigenvalue weighted by atomic mass is 9.95. The number of aryl methyl sites for hydroxylation is 2. The van der Waals surface area contributed by atoms with E-state index < -0.39 is 0 Å². The maximum atomic E-state index is 5.52. The van der Waals surface area contributed by atoms with Crippen LogP contribution in [0.4, 0.5) is 0 Å². The molecule has 1 atom stereocenters. The normalized spacial score (nSPS) is 13.8. The first kappa shape index (κ1) is 15.2. The molecular formula is C14H27N3O. The van der Waals surface area contributed by atoms with Gasteiger partial charge in [-0.1, -0.05) is 6.92 Å². The smallest absolute Gasteiger partial charge is 0.0637 e. The molecule has 1 aromatic rings. The summed E-state index contributed by atoms with van der Waals surface area (Å²) in [5, 5.41) is 7.75. The van der Waals surface area contributed by atoms with Gasteiger partial charge in [0.15, 0.2) is 0 Å². The fraction of sp³-hybridized carbons (Fsp3) is 0.786. The number of hydrogen-bond donors (Lipinski definition) is 1. The highest BCUT2D eigenvalue weighted by Crippen LogP contribution is 2.18. The van der Waals surface area contributed by atoms with E-state index in [1.54, 1.807) is 7.11 Å². The van der Waals surface area contributed by atoms with E-state index in [0.29, 0.717) is 6.04 Å². The Hall–Kier alpha value is -0.870. The van der Waals surface area contributed by atoms with Crippen molar-refractivity contribution in [3.05, 3.63) is 18.0 Å². The summed E-state index contributed by atoms with van der Waals surface area (Å²) in [5.74, 6) is 0. The third-order valence-corrected chi connectivity index (χ3v) is 3.45. The summed E-state index contributed by atoms with van der Waals surface area (Å²) in [7, 11) is 3.78. The van der Waals surface area contributed by atoms with Gasteiger partial charge in [0.05, 0.1) is 5.60 Å². The molecule has 0 saturated heterocycles. The van der Waals surface area contributed by atoms with Crippen LogP contribution in [0, 0.1) is 0 Å². The highest BCUT2D eigenvalue weighted by Gasteiger charge is 2.22. The second kappa shape index (κ2) is 6.90. The predicted octanol–water partition coefficient (Wildman–Crippen LogP) is 2.15. The molecule has 1 unspecified atom stereocenters. The van der Waals surface area contributed by atoms with Gasteiger partial charge >= 0.3 is 0 Å². The summed E-state index contributed by atoms with van der Waals surface area (Å²) in [6.07, 6.45) is 5.04. The molecule has 0 radical (unpaired) electrons. The van der Waals surface area contributed by atoms with Gasteiger partial charge in [-0.3, -0.25) is 4.68 Å². The van der Waals surface area contributed by atoms with Crippen molar-refractivity contribution in [2.75, 3.05) is 13.7 Å². The third-order valence-electron chi connectivity index (χ3n) is 3.45. The van der Waals surface area contributed by atoms with Gasteiger partial charge in [0.2, 0.25) is 0 Å². The van der Waals surface area contributed by atoms with E-state index in [4.69, 9.17) is 4.74 Å². The molecule has 1 rings (SSSR count). The minimum absolute atomic E-state index is 0.0701. The second-order valence-corrected chi connectivity index (χ2v) is 5.41. The molecule has 0 aliphatic heterocycles. The van der Waals surface area contributed by atoms with Crippen LogP contribution in [0.1, 0.15) is 39.3 Å². The number of nitrogens with one attached hydrogen (secondary N) is 1. The number of hydrogen-bond acceptors (Lipinski definition) is 3. The van der Waals surface area contributed by atoms with Gasteiger partial charge in [-0.25, -0.2) is 0 Å². The van der Waals surface area contributed by atoms with Gasteiger partial charge in [-0.15, -0.1) is 0 Å². The zero-order valence-electron chi connectivity index (χ0n) is 12.4. The van der Waals surface area contributed by atoms with Crippen LogP contribution < -0.4 is 5.32 Å². The van der Waals surface area contributed by atoms with E-state index in [1.807, 2.05) is 17.9 Å². The quantitative estimate of drug-likeness (QED) is 0.771. The van der Waals surface area contributed by atoms with Crippen LogP contribution >= 0.6 is 0 Å². The molecule has 0 aliphatic rings. The van der Waals surface area contributed by atoms with E-state index in [0.717, 1.165) is 25.8 Å². The zero-order chi connectivity index (χ0) is 13.6. The van der Waals surface area contributed by atoms with Crippen LogP contribution in [-0.4, -0.2) is 35.1 Å². The Morgan fingerprint density at radius 3 is 2.72 bits per heavy atom. The maximum Gasteiger partial charge on any atom is 0.0637 e. The van der Waals surface area contributed by atoms with Crippen LogP contribution in [0.25, 0.3) is 0 Å². The molecule has 1 N–H and O–H groups in total. The summed E-state index contributed by atoms with van der Waals surface area (Å²) >= 11 is 0. The molecule has 0 aliphatic carbocycles. The average Bonchev–Trinajstić information content (AvgIpc) is 2.72. The van der Waals surface area contributed by atoms with Crippen LogP contribution in [0.2, 0.25) is 0 Å². The Balaban J connectivity index is 2.50. The van der Waals surface area contributed by atoms with E-state index in [1.165, 1.54) is 5.69 Å². The highest BCUT2D eigenvalue weighted by molar-refractivity contribution is 5.00. The summed E-state index contributed by atoms with van der Waals surface area (Å²) in [6, 6.07) is 2.57. The Morgan fingerprint density at radius 1 is 1.50 bits per heavy atom. The SMILES string of the molecule is CCNC(CCc1ccnn1C)CC(C)(C)OC. The zero-order valence-corrected chi connectivity index (χ0v) is 12.4. The van der Waals surface area contributed by atoms with Gasteiger partial charge in [0.1, 0.15) is 0 Å². The van der Waals surface area contributed by atoms with Gasteiger partial charge in [-0.2, -0.15) is 5.10 Å². The maximum absolute atomic E-state index is 5.52. The van der Waals surface area contributed by atoms with Gasteiger partial charge < -0.3 is 10.1 Å². The third kappa shape index (κ3) is 4.78. The van der Waals surface area contributed by atoms with Crippen molar-refractivity contribution in [1.29, 1.82) is 0 Å². The Labute approximate surface area is 111 Å². The molecule has 1 heterocycles. The molecule has 0 aromatic carbocycles. The first-order chi connectivity index (χ1) is 8.48. The van der Waals surface area contributed by atoms with Crippen LogP contribution in [-0.2, 0) is 18.2 Å². The summed E-state index contributed by atoms with van der Waals surface area (Å²) in [5.41, 5.74) is 1.22. The topological polar surface area (TPSA) is 39.1 Å². The fourth-order valence-electron chi connectivity index (χ4n) is 2.21. The number of ether oxygens (including phenoxy) is 1. The molecule has 4 heteroatoms. The van der Waals surface area contributed by atoms with Gasteiger partial charge in [0, 0.05) is 32.1 Å². The fourth-order valence-corrected chi connectivity index (χ4v) is 2.21. The Bertz CT molecular complexity index is 347. The molecule has 0 amide bonds. The number of nitrogens with zero attached hydrogens (tertiary/aromatic N) is 2. The molecule has 0 fully saturated rings. The van der Waals surface area contributed by atoms with E-state index in [-0.39, 0.29) is 5.60 Å². The predicted molar refractivity (Wildman–Crippen MR) is 74.7 cm³/mol. The summed E-state index contributed by atoms with van der Waals surface area (Å²) in [6.45, 7) is 7.43. The number of methoxy groups -OCH3 is 1. The minimum Gasteiger partial charge on any atom is -0.379 e. The van der Waals surface area contributed by atoms with E-state index >= 15 is 0 Å². The lowest BCUT2D eigenvalue weighted by Gasteiger charge is -2.29. The molecule has 104 valence electrons. The molecule has 4 nitrogen and oxygen atoms in total. The van der Waals surface area contributed by atoms with Gasteiger partial charge in [0.25, 0.3) is 0 Å². The van der Waals surface area contributed by atoms with Crippen molar-refractivity contribution in [2.24, 2.45) is 7.05 Å². The first-order valence-electron chi connectivity index (χ1n) is 6.74. The van der Waals surface area contributed by atoms with E-state index in [2.05, 4.69) is 37.3 Å². The number of rotatable bonds is 8. The lowest BCUT2D eigenvalue weighted by molar-refractivity contribution is 0.00652. The second-order valence-electron chi connectivity index (χ2n) is 5.41. The van der Waals surface area contributed by atoms with Crippen molar-refractivity contribution < 1.29 is 4.74 Å². The lowest BCUT2D eigenvalue weighted by Crippen LogP contribution is -2.38. The van der Waals surface area contributed by atoms with Crippen molar-refractivity contribution >= 4 is 0 Å². The van der Waals surface area contributed by atoms with Crippen molar-refractivity contribution in [3.8, 4) is 0 Å². The monoisotopic (exact) mass is 253 g/mol. The van der Waals surface area contributed by atoms with Crippen molar-refractivity contribution in [2.45, 2.75) is 51.7 Å². The van der Waals surface area contributed by atoms with Crippen LogP contribution in [0.15, 0.2) is 12.3 Å². The molecule has 18 heavy (non-hydrogen) atoms. The molecule has 0 bridgehead atoms. The standard InChI is InChI=1S/C14H27N3O/c1-6-15-12(11-14(2,3)18-5)7-8-13-9-10-16-17(13)4/h9-10,12,15H,6-8,11H2,1-5H3. The largest absolute Gasteiger partial charge is 0.379 e. The number of aromatic nitrogens is 2. The summed E-state index contributed by atoms with van der Waals surface area (Å²) in [4.78, 5) is 0. The van der Waals surface area contributed by atoms with Crippen molar-refractivity contribution in [1.82, 2.24) is 15.1 Å². The Kier molecular flexibility index (Phi) is 5.82. The van der Waals surface area contributed by atoms with E-state index in [9.17, 15) is 0 Å². The molecule has 0 saturated carbocycles. The molecule has 0 spiro atoms. The van der Waals surface area contributed by atoms with Crippen molar-refractivity contribution in [3.63, 3.8) is 0 Å². The van der Waals surface area contributed by atoms with Crippen LogP contribution in [0.5, 0.6) is 0 Å². The van der Waals surface area contributed by atoms with Gasteiger partial charge in [-0.05, 0) is 45.7 Å².